The molecule has 0 spiro atoms. The number of aryl methyl sites for hydroxylation is 2. The number of nitrogens with zero attached hydrogens (tertiary/aromatic N) is 2. The number of halogens is 1. The van der Waals surface area contributed by atoms with Gasteiger partial charge in [0, 0.05) is 28.6 Å². The van der Waals surface area contributed by atoms with E-state index in [1.54, 1.807) is 0 Å². The van der Waals surface area contributed by atoms with Gasteiger partial charge in [-0.15, -0.1) is 0 Å². The van der Waals surface area contributed by atoms with Gasteiger partial charge < -0.3 is 9.88 Å². The number of benzene rings is 1. The van der Waals surface area contributed by atoms with Gasteiger partial charge in [0.15, 0.2) is 0 Å². The molecular formula is C14H16BrN3. The highest BCUT2D eigenvalue weighted by Gasteiger charge is 2.25. The van der Waals surface area contributed by atoms with E-state index >= 15 is 0 Å². The maximum absolute atomic E-state index is 4.39. The zero-order chi connectivity index (χ0) is 12.7. The van der Waals surface area contributed by atoms with Crippen molar-refractivity contribution in [2.45, 2.75) is 32.7 Å². The van der Waals surface area contributed by atoms with Crippen LogP contribution < -0.4 is 5.32 Å². The van der Waals surface area contributed by atoms with Gasteiger partial charge in [-0.05, 0) is 49.9 Å². The number of nitrogens with one attached hydrogen (secondary N) is 1. The van der Waals surface area contributed by atoms with Crippen LogP contribution in [-0.4, -0.2) is 9.55 Å². The summed E-state index contributed by atoms with van der Waals surface area (Å²) in [6, 6.07) is 4.93. The Hall–Kier alpha value is -1.29. The Balaban J connectivity index is 1.90. The Labute approximate surface area is 115 Å². The van der Waals surface area contributed by atoms with Crippen molar-refractivity contribution in [1.82, 2.24) is 9.55 Å². The predicted molar refractivity (Wildman–Crippen MR) is 77.4 cm³/mol. The van der Waals surface area contributed by atoms with Crippen LogP contribution in [0.15, 0.2) is 29.0 Å². The summed E-state index contributed by atoms with van der Waals surface area (Å²) in [5, 5.41) is 3.41. The first kappa shape index (κ1) is 11.8. The van der Waals surface area contributed by atoms with Crippen LogP contribution in [0.3, 0.4) is 0 Å². The van der Waals surface area contributed by atoms with Gasteiger partial charge in [-0.2, -0.15) is 0 Å². The van der Waals surface area contributed by atoms with Crippen LogP contribution >= 0.6 is 15.9 Å². The number of rotatable bonds is 3. The number of hydrogen-bond acceptors (Lipinski definition) is 2. The first-order valence-electron chi connectivity index (χ1n) is 6.22. The van der Waals surface area contributed by atoms with Gasteiger partial charge in [0.25, 0.3) is 0 Å². The summed E-state index contributed by atoms with van der Waals surface area (Å²) in [7, 11) is 0. The lowest BCUT2D eigenvalue weighted by molar-refractivity contribution is 0.751. The van der Waals surface area contributed by atoms with Crippen LogP contribution in [0.25, 0.3) is 0 Å². The Morgan fingerprint density at radius 1 is 1.28 bits per heavy atom. The number of imidazole rings is 1. The van der Waals surface area contributed by atoms with E-state index in [1.165, 1.54) is 28.4 Å². The Morgan fingerprint density at radius 2 is 1.94 bits per heavy atom. The Kier molecular flexibility index (Phi) is 2.90. The quantitative estimate of drug-likeness (QED) is 0.914. The molecule has 18 heavy (non-hydrogen) atoms. The highest BCUT2D eigenvalue weighted by molar-refractivity contribution is 9.10. The van der Waals surface area contributed by atoms with Crippen molar-refractivity contribution in [2.24, 2.45) is 0 Å². The normalized spacial score (nSPS) is 14.8. The van der Waals surface area contributed by atoms with Gasteiger partial charge in [0.2, 0.25) is 5.95 Å². The minimum atomic E-state index is 0.646. The zero-order valence-corrected chi connectivity index (χ0v) is 12.2. The molecule has 4 heteroatoms. The Morgan fingerprint density at radius 3 is 2.56 bits per heavy atom. The molecule has 0 unspecified atom stereocenters. The summed E-state index contributed by atoms with van der Waals surface area (Å²) in [6.45, 7) is 4.21. The second-order valence-electron chi connectivity index (χ2n) is 4.94. The van der Waals surface area contributed by atoms with Gasteiger partial charge >= 0.3 is 0 Å². The fourth-order valence-corrected chi connectivity index (χ4v) is 2.43. The average Bonchev–Trinajstić information content (AvgIpc) is 3.07. The van der Waals surface area contributed by atoms with E-state index in [1.807, 2.05) is 6.20 Å². The van der Waals surface area contributed by atoms with Gasteiger partial charge in [-0.1, -0.05) is 15.9 Å². The number of aromatic nitrogens is 2. The van der Waals surface area contributed by atoms with Crippen molar-refractivity contribution in [2.75, 3.05) is 5.32 Å². The minimum absolute atomic E-state index is 0.646. The maximum Gasteiger partial charge on any atom is 0.207 e. The third-order valence-corrected chi connectivity index (χ3v) is 4.55. The van der Waals surface area contributed by atoms with E-state index < -0.39 is 0 Å². The molecular weight excluding hydrogens is 290 g/mol. The molecule has 0 aliphatic heterocycles. The highest BCUT2D eigenvalue weighted by Crippen LogP contribution is 2.37. The van der Waals surface area contributed by atoms with Crippen LogP contribution in [0.5, 0.6) is 0 Å². The summed E-state index contributed by atoms with van der Waals surface area (Å²) < 4.78 is 3.41. The first-order valence-corrected chi connectivity index (χ1v) is 7.01. The fourth-order valence-electron chi connectivity index (χ4n) is 2.20. The largest absolute Gasteiger partial charge is 0.326 e. The molecule has 1 N–H and O–H groups in total. The molecule has 94 valence electrons. The third kappa shape index (κ3) is 2.17. The van der Waals surface area contributed by atoms with E-state index in [0.717, 1.165) is 11.6 Å². The molecule has 1 aliphatic carbocycles. The van der Waals surface area contributed by atoms with Crippen LogP contribution in [0.4, 0.5) is 11.6 Å². The van der Waals surface area contributed by atoms with Crippen molar-refractivity contribution in [1.29, 1.82) is 0 Å². The lowest BCUT2D eigenvalue weighted by Crippen LogP contribution is -2.02. The van der Waals surface area contributed by atoms with Crippen molar-refractivity contribution in [3.63, 3.8) is 0 Å². The average molecular weight is 306 g/mol. The second kappa shape index (κ2) is 4.43. The SMILES string of the molecule is Cc1cc(Nc2nccn2C2CC2)cc(C)c1Br. The standard InChI is InChI=1S/C14H16BrN3/c1-9-7-11(8-10(2)13(9)15)17-14-16-5-6-18(14)12-3-4-12/h5-8,12H,3-4H2,1-2H3,(H,16,17). The monoisotopic (exact) mass is 305 g/mol. The van der Waals surface area contributed by atoms with Crippen LogP contribution in [0.2, 0.25) is 0 Å². The minimum Gasteiger partial charge on any atom is -0.326 e. The van der Waals surface area contributed by atoms with Gasteiger partial charge in [0.1, 0.15) is 0 Å². The van der Waals surface area contributed by atoms with E-state index in [2.05, 4.69) is 63.0 Å². The Bertz CT molecular complexity index is 561. The molecule has 1 aliphatic rings. The van der Waals surface area contributed by atoms with Crippen LogP contribution in [-0.2, 0) is 0 Å². The van der Waals surface area contributed by atoms with Gasteiger partial charge in [-0.25, -0.2) is 4.98 Å². The third-order valence-electron chi connectivity index (χ3n) is 3.30. The lowest BCUT2D eigenvalue weighted by Gasteiger charge is -2.11. The predicted octanol–water partition coefficient (Wildman–Crippen LogP) is 4.34. The fraction of sp³-hybridized carbons (Fsp3) is 0.357. The number of hydrogen-bond donors (Lipinski definition) is 1. The highest BCUT2D eigenvalue weighted by atomic mass is 79.9. The zero-order valence-electron chi connectivity index (χ0n) is 10.6. The lowest BCUT2D eigenvalue weighted by atomic mass is 10.1. The van der Waals surface area contributed by atoms with Crippen LogP contribution in [0.1, 0.15) is 30.0 Å². The topological polar surface area (TPSA) is 29.9 Å². The molecule has 2 aromatic rings. The molecule has 0 radical (unpaired) electrons. The van der Waals surface area contributed by atoms with Gasteiger partial charge in [0.05, 0.1) is 0 Å². The summed E-state index contributed by atoms with van der Waals surface area (Å²) in [5.41, 5.74) is 3.57. The summed E-state index contributed by atoms with van der Waals surface area (Å²) >= 11 is 3.59. The van der Waals surface area contributed by atoms with Gasteiger partial charge in [-0.3, -0.25) is 0 Å². The first-order chi connectivity index (χ1) is 8.65. The van der Waals surface area contributed by atoms with E-state index in [0.29, 0.717) is 6.04 Å². The molecule has 1 aromatic heterocycles. The maximum atomic E-state index is 4.39. The van der Waals surface area contributed by atoms with Crippen molar-refractivity contribution < 1.29 is 0 Å². The van der Waals surface area contributed by atoms with E-state index in [9.17, 15) is 0 Å². The molecule has 1 heterocycles. The summed E-state index contributed by atoms with van der Waals surface area (Å²) in [6.07, 6.45) is 6.45. The van der Waals surface area contributed by atoms with E-state index in [4.69, 9.17) is 0 Å². The van der Waals surface area contributed by atoms with Crippen molar-refractivity contribution in [3.8, 4) is 0 Å². The van der Waals surface area contributed by atoms with E-state index in [-0.39, 0.29) is 0 Å². The molecule has 0 bridgehead atoms. The smallest absolute Gasteiger partial charge is 0.207 e. The molecule has 0 amide bonds. The summed E-state index contributed by atoms with van der Waals surface area (Å²) in [4.78, 5) is 4.39. The molecule has 1 saturated carbocycles. The molecule has 1 fully saturated rings. The van der Waals surface area contributed by atoms with Crippen molar-refractivity contribution in [3.05, 3.63) is 40.1 Å². The number of anilines is 2. The van der Waals surface area contributed by atoms with Crippen molar-refractivity contribution >= 4 is 27.6 Å². The molecule has 3 rings (SSSR count). The van der Waals surface area contributed by atoms with Crippen LogP contribution in [0, 0.1) is 13.8 Å². The molecule has 0 atom stereocenters. The molecule has 0 saturated heterocycles. The summed E-state index contributed by atoms with van der Waals surface area (Å²) in [5.74, 6) is 0.943. The molecule has 1 aromatic carbocycles. The molecule has 3 nitrogen and oxygen atoms in total. The second-order valence-corrected chi connectivity index (χ2v) is 5.73.